The van der Waals surface area contributed by atoms with Gasteiger partial charge in [-0.25, -0.2) is 4.98 Å². The fourth-order valence-corrected chi connectivity index (χ4v) is 3.53. The normalized spacial score (nSPS) is 11.1. The van der Waals surface area contributed by atoms with Crippen LogP contribution in [0.4, 0.5) is 0 Å². The highest BCUT2D eigenvalue weighted by atomic mass is 32.1. The molecule has 0 spiro atoms. The van der Waals surface area contributed by atoms with Crippen molar-refractivity contribution >= 4 is 22.1 Å². The number of thiazole rings is 1. The van der Waals surface area contributed by atoms with Gasteiger partial charge in [0.2, 0.25) is 0 Å². The van der Waals surface area contributed by atoms with E-state index in [-0.39, 0.29) is 0 Å². The minimum Gasteiger partial charge on any atom is -0.326 e. The molecule has 20 heavy (non-hydrogen) atoms. The molecule has 2 aromatic carbocycles. The quantitative estimate of drug-likeness (QED) is 0.771. The Morgan fingerprint density at radius 2 is 1.90 bits per heavy atom. The van der Waals surface area contributed by atoms with Crippen molar-refractivity contribution in [2.24, 2.45) is 5.73 Å². The Labute approximate surface area is 123 Å². The van der Waals surface area contributed by atoms with Crippen LogP contribution in [-0.2, 0) is 13.0 Å². The van der Waals surface area contributed by atoms with Gasteiger partial charge in [0.1, 0.15) is 5.01 Å². The predicted molar refractivity (Wildman–Crippen MR) is 86.9 cm³/mol. The summed E-state index contributed by atoms with van der Waals surface area (Å²) in [6.45, 7) is 2.76. The lowest BCUT2D eigenvalue weighted by Crippen LogP contribution is -1.97. The van der Waals surface area contributed by atoms with Crippen LogP contribution in [0.1, 0.15) is 23.9 Å². The lowest BCUT2D eigenvalue weighted by atomic mass is 10.1. The number of nitrogens with zero attached hydrogens (tertiary/aromatic N) is 1. The first-order valence-electron chi connectivity index (χ1n) is 7.00. The molecule has 0 aliphatic heterocycles. The lowest BCUT2D eigenvalue weighted by Gasteiger charge is -2.03. The van der Waals surface area contributed by atoms with Gasteiger partial charge in [-0.3, -0.25) is 0 Å². The van der Waals surface area contributed by atoms with Crippen LogP contribution < -0.4 is 5.73 Å². The maximum Gasteiger partial charge on any atom is 0.124 e. The monoisotopic (exact) mass is 282 g/mol. The summed E-state index contributed by atoms with van der Waals surface area (Å²) in [5, 5.41) is 3.60. The Morgan fingerprint density at radius 1 is 1.10 bits per heavy atom. The van der Waals surface area contributed by atoms with E-state index >= 15 is 0 Å². The Hall–Kier alpha value is -1.71. The molecule has 0 aliphatic rings. The molecule has 0 bridgehead atoms. The molecular weight excluding hydrogens is 264 g/mol. The zero-order chi connectivity index (χ0) is 13.9. The number of hydrogen-bond acceptors (Lipinski definition) is 3. The van der Waals surface area contributed by atoms with Crippen molar-refractivity contribution in [1.29, 1.82) is 0 Å². The van der Waals surface area contributed by atoms with Gasteiger partial charge in [0.05, 0.1) is 5.69 Å². The molecule has 0 aliphatic carbocycles. The third-order valence-electron chi connectivity index (χ3n) is 3.47. The van der Waals surface area contributed by atoms with Crippen LogP contribution in [0.25, 0.3) is 21.3 Å². The van der Waals surface area contributed by atoms with Gasteiger partial charge in [0.25, 0.3) is 0 Å². The molecule has 3 aromatic rings. The number of aryl methyl sites for hydroxylation is 1. The van der Waals surface area contributed by atoms with Gasteiger partial charge in [-0.2, -0.15) is 0 Å². The highest BCUT2D eigenvalue weighted by Gasteiger charge is 2.12. The molecule has 0 unspecified atom stereocenters. The number of hydrogen-bond donors (Lipinski definition) is 1. The number of nitrogens with two attached hydrogens (primary N) is 1. The van der Waals surface area contributed by atoms with Gasteiger partial charge >= 0.3 is 0 Å². The first-order valence-corrected chi connectivity index (χ1v) is 7.82. The van der Waals surface area contributed by atoms with Crippen LogP contribution in [0.15, 0.2) is 42.5 Å². The third kappa shape index (κ3) is 2.35. The summed E-state index contributed by atoms with van der Waals surface area (Å²) in [6.07, 6.45) is 2.11. The van der Waals surface area contributed by atoms with Crippen LogP contribution in [-0.4, -0.2) is 4.98 Å². The second-order valence-electron chi connectivity index (χ2n) is 4.87. The standard InChI is InChI=1S/C17H18N2S/c1-2-6-15-16(11-18)20-17(19-15)14-10-5-8-12-7-3-4-9-13(12)14/h3-5,7-10H,2,6,11,18H2,1H3. The molecule has 0 saturated heterocycles. The van der Waals surface area contributed by atoms with Crippen LogP contribution in [0, 0.1) is 0 Å². The van der Waals surface area contributed by atoms with E-state index in [4.69, 9.17) is 10.7 Å². The summed E-state index contributed by atoms with van der Waals surface area (Å²) < 4.78 is 0. The lowest BCUT2D eigenvalue weighted by molar-refractivity contribution is 0.872. The van der Waals surface area contributed by atoms with Crippen molar-refractivity contribution in [2.45, 2.75) is 26.3 Å². The molecule has 0 saturated carbocycles. The highest BCUT2D eigenvalue weighted by molar-refractivity contribution is 7.15. The Bertz CT molecular complexity index is 725. The van der Waals surface area contributed by atoms with E-state index in [0.29, 0.717) is 6.54 Å². The van der Waals surface area contributed by atoms with Gasteiger partial charge < -0.3 is 5.73 Å². The van der Waals surface area contributed by atoms with E-state index in [1.807, 2.05) is 0 Å². The summed E-state index contributed by atoms with van der Waals surface area (Å²) in [5.74, 6) is 0. The molecule has 102 valence electrons. The number of rotatable bonds is 4. The molecule has 0 radical (unpaired) electrons. The number of fused-ring (bicyclic) bond motifs is 1. The van der Waals surface area contributed by atoms with Crippen molar-refractivity contribution in [1.82, 2.24) is 4.98 Å². The Balaban J connectivity index is 2.15. The summed E-state index contributed by atoms with van der Waals surface area (Å²) >= 11 is 1.73. The molecule has 3 heteroatoms. The van der Waals surface area contributed by atoms with Crippen LogP contribution in [0.3, 0.4) is 0 Å². The summed E-state index contributed by atoms with van der Waals surface area (Å²) in [4.78, 5) is 6.05. The van der Waals surface area contributed by atoms with Gasteiger partial charge in [0.15, 0.2) is 0 Å². The predicted octanol–water partition coefficient (Wildman–Crippen LogP) is 4.37. The van der Waals surface area contributed by atoms with E-state index in [9.17, 15) is 0 Å². The van der Waals surface area contributed by atoms with Crippen molar-refractivity contribution in [2.75, 3.05) is 0 Å². The third-order valence-corrected chi connectivity index (χ3v) is 4.62. The van der Waals surface area contributed by atoms with Crippen molar-refractivity contribution in [3.63, 3.8) is 0 Å². The molecule has 0 atom stereocenters. The Morgan fingerprint density at radius 3 is 2.70 bits per heavy atom. The molecule has 1 heterocycles. The summed E-state index contributed by atoms with van der Waals surface area (Å²) in [7, 11) is 0. The Kier molecular flexibility index (Phi) is 3.81. The first kappa shape index (κ1) is 13.3. The maximum atomic E-state index is 5.86. The van der Waals surface area contributed by atoms with Gasteiger partial charge in [0, 0.05) is 17.0 Å². The molecule has 0 amide bonds. The van der Waals surface area contributed by atoms with E-state index in [1.165, 1.54) is 26.9 Å². The smallest absolute Gasteiger partial charge is 0.124 e. The summed E-state index contributed by atoms with van der Waals surface area (Å²) in [5.41, 5.74) is 8.24. The molecule has 2 N–H and O–H groups in total. The van der Waals surface area contributed by atoms with Crippen molar-refractivity contribution in [3.05, 3.63) is 53.0 Å². The fourth-order valence-electron chi connectivity index (χ4n) is 2.50. The zero-order valence-electron chi connectivity index (χ0n) is 11.6. The van der Waals surface area contributed by atoms with E-state index in [2.05, 4.69) is 49.4 Å². The van der Waals surface area contributed by atoms with Crippen molar-refractivity contribution in [3.8, 4) is 10.6 Å². The van der Waals surface area contributed by atoms with E-state index in [1.54, 1.807) is 11.3 Å². The van der Waals surface area contributed by atoms with Gasteiger partial charge in [-0.1, -0.05) is 55.8 Å². The molecule has 1 aromatic heterocycles. The SMILES string of the molecule is CCCc1nc(-c2cccc3ccccc23)sc1CN. The van der Waals surface area contributed by atoms with E-state index < -0.39 is 0 Å². The van der Waals surface area contributed by atoms with Crippen LogP contribution >= 0.6 is 11.3 Å². The molecule has 2 nitrogen and oxygen atoms in total. The second kappa shape index (κ2) is 5.73. The zero-order valence-corrected chi connectivity index (χ0v) is 12.4. The number of benzene rings is 2. The van der Waals surface area contributed by atoms with Crippen molar-refractivity contribution < 1.29 is 0 Å². The first-order chi connectivity index (χ1) is 9.83. The minimum atomic E-state index is 0.581. The van der Waals surface area contributed by atoms with Gasteiger partial charge in [-0.15, -0.1) is 11.3 Å². The average Bonchev–Trinajstić information content (AvgIpc) is 2.90. The molecular formula is C17H18N2S. The van der Waals surface area contributed by atoms with Crippen LogP contribution in [0.5, 0.6) is 0 Å². The largest absolute Gasteiger partial charge is 0.326 e. The minimum absolute atomic E-state index is 0.581. The fraction of sp³-hybridized carbons (Fsp3) is 0.235. The molecule has 0 fully saturated rings. The summed E-state index contributed by atoms with van der Waals surface area (Å²) in [6, 6.07) is 14.8. The molecule has 3 rings (SSSR count). The number of aromatic nitrogens is 1. The second-order valence-corrected chi connectivity index (χ2v) is 5.95. The van der Waals surface area contributed by atoms with E-state index in [0.717, 1.165) is 17.8 Å². The van der Waals surface area contributed by atoms with Crippen LogP contribution in [0.2, 0.25) is 0 Å². The topological polar surface area (TPSA) is 38.9 Å². The van der Waals surface area contributed by atoms with Gasteiger partial charge in [-0.05, 0) is 17.2 Å². The maximum absolute atomic E-state index is 5.86. The highest BCUT2D eigenvalue weighted by Crippen LogP contribution is 2.33. The average molecular weight is 282 g/mol.